The summed E-state index contributed by atoms with van der Waals surface area (Å²) in [4.78, 5) is 38.1. The van der Waals surface area contributed by atoms with Gasteiger partial charge in [-0.05, 0) is 25.0 Å². The van der Waals surface area contributed by atoms with Gasteiger partial charge in [-0.1, -0.05) is 18.2 Å². The van der Waals surface area contributed by atoms with Crippen LogP contribution in [-0.4, -0.2) is 40.5 Å². The fourth-order valence-electron chi connectivity index (χ4n) is 2.49. The van der Waals surface area contributed by atoms with Gasteiger partial charge in [-0.3, -0.25) is 19.7 Å². The molecule has 2 atom stereocenters. The van der Waals surface area contributed by atoms with E-state index < -0.39 is 17.9 Å². The highest BCUT2D eigenvalue weighted by Crippen LogP contribution is 2.37. The number of imide groups is 1. The maximum atomic E-state index is 12.5. The van der Waals surface area contributed by atoms with Gasteiger partial charge in [0, 0.05) is 4.90 Å². The van der Waals surface area contributed by atoms with Gasteiger partial charge in [0.1, 0.15) is 12.6 Å². The lowest BCUT2D eigenvalue weighted by Crippen LogP contribution is -2.60. The Hall–Kier alpha value is -1.82. The van der Waals surface area contributed by atoms with Gasteiger partial charge in [-0.2, -0.15) is 0 Å². The summed E-state index contributed by atoms with van der Waals surface area (Å²) >= 11 is 1.51. The van der Waals surface area contributed by atoms with Crippen LogP contribution in [0.1, 0.15) is 12.5 Å². The molecule has 1 fully saturated rings. The zero-order chi connectivity index (χ0) is 14.3. The number of hydrogen-bond acceptors (Lipinski definition) is 4. The maximum Gasteiger partial charge on any atom is 0.249 e. The van der Waals surface area contributed by atoms with Crippen LogP contribution in [-0.2, 0) is 20.8 Å². The van der Waals surface area contributed by atoms with Crippen LogP contribution in [0.3, 0.4) is 0 Å². The summed E-state index contributed by atoms with van der Waals surface area (Å²) in [5.41, 5.74) is 1.15. The SMILES string of the molecule is CC1C(=O)NC(=O)CN1C(=O)C1Cc2ccccc2S1. The van der Waals surface area contributed by atoms with Crippen molar-refractivity contribution < 1.29 is 14.4 Å². The molecule has 3 rings (SSSR count). The molecule has 2 aliphatic heterocycles. The molecule has 6 heteroatoms. The van der Waals surface area contributed by atoms with E-state index in [1.807, 2.05) is 24.3 Å². The maximum absolute atomic E-state index is 12.5. The number of nitrogens with zero attached hydrogens (tertiary/aromatic N) is 1. The molecule has 2 unspecified atom stereocenters. The Morgan fingerprint density at radius 3 is 2.85 bits per heavy atom. The Kier molecular flexibility index (Phi) is 3.25. The summed E-state index contributed by atoms with van der Waals surface area (Å²) in [5.74, 6) is -0.959. The number of piperazine rings is 1. The van der Waals surface area contributed by atoms with Gasteiger partial charge in [0.15, 0.2) is 0 Å². The summed E-state index contributed by atoms with van der Waals surface area (Å²) in [5, 5.41) is 2.00. The number of hydrogen-bond donors (Lipinski definition) is 1. The predicted molar refractivity (Wildman–Crippen MR) is 74.1 cm³/mol. The first-order valence-corrected chi connectivity index (χ1v) is 7.33. The highest BCUT2D eigenvalue weighted by atomic mass is 32.2. The fraction of sp³-hybridized carbons (Fsp3) is 0.357. The fourth-order valence-corrected chi connectivity index (χ4v) is 3.75. The zero-order valence-corrected chi connectivity index (χ0v) is 11.8. The Morgan fingerprint density at radius 1 is 1.35 bits per heavy atom. The summed E-state index contributed by atoms with van der Waals surface area (Å²) in [6.45, 7) is 1.60. The van der Waals surface area contributed by atoms with Crippen LogP contribution >= 0.6 is 11.8 Å². The lowest BCUT2D eigenvalue weighted by atomic mass is 10.1. The highest BCUT2D eigenvalue weighted by molar-refractivity contribution is 8.01. The second kappa shape index (κ2) is 4.94. The van der Waals surface area contributed by atoms with Crippen molar-refractivity contribution in [1.29, 1.82) is 0 Å². The minimum Gasteiger partial charge on any atom is -0.321 e. The van der Waals surface area contributed by atoms with Crippen molar-refractivity contribution >= 4 is 29.5 Å². The standard InChI is InChI=1S/C14H14N2O3S/c1-8-13(18)15-12(17)7-16(8)14(19)11-6-9-4-2-3-5-10(9)20-11/h2-5,8,11H,6-7H2,1H3,(H,15,17,18). The van der Waals surface area contributed by atoms with E-state index in [2.05, 4.69) is 5.32 Å². The van der Waals surface area contributed by atoms with Crippen LogP contribution in [0, 0.1) is 0 Å². The number of carbonyl (C=O) groups is 3. The van der Waals surface area contributed by atoms with Gasteiger partial charge < -0.3 is 4.90 Å². The molecule has 1 N–H and O–H groups in total. The average molecular weight is 290 g/mol. The van der Waals surface area contributed by atoms with E-state index in [4.69, 9.17) is 0 Å². The van der Waals surface area contributed by atoms with E-state index in [1.165, 1.54) is 16.7 Å². The Balaban J connectivity index is 1.77. The topological polar surface area (TPSA) is 66.5 Å². The van der Waals surface area contributed by atoms with Crippen molar-refractivity contribution in [1.82, 2.24) is 10.2 Å². The normalized spacial score (nSPS) is 25.4. The number of amides is 3. The third-order valence-electron chi connectivity index (χ3n) is 3.63. The number of benzene rings is 1. The van der Waals surface area contributed by atoms with Gasteiger partial charge in [-0.15, -0.1) is 11.8 Å². The first-order chi connectivity index (χ1) is 9.56. The molecule has 2 aliphatic rings. The van der Waals surface area contributed by atoms with Crippen LogP contribution in [0.5, 0.6) is 0 Å². The van der Waals surface area contributed by atoms with Crippen molar-refractivity contribution in [2.75, 3.05) is 6.54 Å². The third kappa shape index (κ3) is 2.20. The summed E-state index contributed by atoms with van der Waals surface area (Å²) in [6, 6.07) is 7.30. The summed E-state index contributed by atoms with van der Waals surface area (Å²) in [7, 11) is 0. The molecule has 20 heavy (non-hydrogen) atoms. The second-order valence-corrected chi connectivity index (χ2v) is 6.22. The first-order valence-electron chi connectivity index (χ1n) is 6.45. The largest absolute Gasteiger partial charge is 0.321 e. The van der Waals surface area contributed by atoms with E-state index in [-0.39, 0.29) is 17.7 Å². The lowest BCUT2D eigenvalue weighted by Gasteiger charge is -2.33. The summed E-state index contributed by atoms with van der Waals surface area (Å²) < 4.78 is 0. The van der Waals surface area contributed by atoms with Gasteiger partial charge in [0.2, 0.25) is 17.7 Å². The molecular formula is C14H14N2O3S. The Bertz CT molecular complexity index is 577. The molecular weight excluding hydrogens is 276 g/mol. The van der Waals surface area contributed by atoms with E-state index in [0.29, 0.717) is 6.42 Å². The number of carbonyl (C=O) groups excluding carboxylic acids is 3. The van der Waals surface area contributed by atoms with E-state index in [9.17, 15) is 14.4 Å². The van der Waals surface area contributed by atoms with Crippen molar-refractivity contribution in [2.45, 2.75) is 29.5 Å². The molecule has 104 valence electrons. The van der Waals surface area contributed by atoms with Crippen LogP contribution in [0.4, 0.5) is 0 Å². The third-order valence-corrected chi connectivity index (χ3v) is 4.93. The number of nitrogens with one attached hydrogen (secondary N) is 1. The molecule has 0 aromatic heterocycles. The number of thioether (sulfide) groups is 1. The molecule has 2 heterocycles. The molecule has 0 spiro atoms. The van der Waals surface area contributed by atoms with E-state index in [1.54, 1.807) is 6.92 Å². The number of rotatable bonds is 1. The van der Waals surface area contributed by atoms with Crippen LogP contribution in [0.2, 0.25) is 0 Å². The highest BCUT2D eigenvalue weighted by Gasteiger charge is 2.38. The quantitative estimate of drug-likeness (QED) is 0.768. The lowest BCUT2D eigenvalue weighted by molar-refractivity contribution is -0.149. The molecule has 0 aliphatic carbocycles. The molecule has 5 nitrogen and oxygen atoms in total. The minimum atomic E-state index is -0.593. The smallest absolute Gasteiger partial charge is 0.249 e. The van der Waals surface area contributed by atoms with Crippen LogP contribution < -0.4 is 5.32 Å². The van der Waals surface area contributed by atoms with Gasteiger partial charge in [-0.25, -0.2) is 0 Å². The zero-order valence-electron chi connectivity index (χ0n) is 11.0. The van der Waals surface area contributed by atoms with Crippen molar-refractivity contribution in [3.63, 3.8) is 0 Å². The van der Waals surface area contributed by atoms with E-state index >= 15 is 0 Å². The van der Waals surface area contributed by atoms with Crippen molar-refractivity contribution in [2.24, 2.45) is 0 Å². The average Bonchev–Trinajstić information content (AvgIpc) is 2.86. The molecule has 1 aromatic carbocycles. The van der Waals surface area contributed by atoms with Gasteiger partial charge in [0.25, 0.3) is 0 Å². The van der Waals surface area contributed by atoms with Crippen LogP contribution in [0.15, 0.2) is 29.2 Å². The van der Waals surface area contributed by atoms with Crippen molar-refractivity contribution in [3.8, 4) is 0 Å². The molecule has 0 radical (unpaired) electrons. The predicted octanol–water partition coefficient (Wildman–Crippen LogP) is 0.577. The first kappa shape index (κ1) is 13.2. The molecule has 1 saturated heterocycles. The van der Waals surface area contributed by atoms with Gasteiger partial charge in [0.05, 0.1) is 5.25 Å². The molecule has 0 bridgehead atoms. The van der Waals surface area contributed by atoms with Crippen molar-refractivity contribution in [3.05, 3.63) is 29.8 Å². The molecule has 1 aromatic rings. The monoisotopic (exact) mass is 290 g/mol. The minimum absolute atomic E-state index is 0.0425. The molecule has 3 amide bonds. The van der Waals surface area contributed by atoms with Crippen LogP contribution in [0.25, 0.3) is 0 Å². The second-order valence-electron chi connectivity index (χ2n) is 4.97. The Morgan fingerprint density at radius 2 is 2.10 bits per heavy atom. The Labute approximate surface area is 120 Å². The molecule has 0 saturated carbocycles. The van der Waals surface area contributed by atoms with Gasteiger partial charge >= 0.3 is 0 Å². The number of fused-ring (bicyclic) bond motifs is 1. The summed E-state index contributed by atoms with van der Waals surface area (Å²) in [6.07, 6.45) is 0.651. The van der Waals surface area contributed by atoms with E-state index in [0.717, 1.165) is 10.5 Å².